The summed E-state index contributed by atoms with van der Waals surface area (Å²) in [6.07, 6.45) is 7.45. The van der Waals surface area contributed by atoms with Gasteiger partial charge in [0.05, 0.1) is 19.3 Å². The molecule has 1 heterocycles. The minimum absolute atomic E-state index is 0. The Morgan fingerprint density at radius 2 is 2.11 bits per heavy atom. The molecular formula is C20H30IN5O. The summed E-state index contributed by atoms with van der Waals surface area (Å²) in [6, 6.07) is 8.19. The number of aliphatic imine (C=N–C) groups is 1. The summed E-state index contributed by atoms with van der Waals surface area (Å²) in [4.78, 5) is 4.72. The zero-order chi connectivity index (χ0) is 18.2. The third-order valence-electron chi connectivity index (χ3n) is 4.36. The van der Waals surface area contributed by atoms with E-state index in [2.05, 4.69) is 28.7 Å². The predicted octanol–water partition coefficient (Wildman–Crippen LogP) is 3.12. The molecule has 1 aliphatic carbocycles. The van der Waals surface area contributed by atoms with E-state index < -0.39 is 0 Å². The van der Waals surface area contributed by atoms with Crippen molar-refractivity contribution in [3.8, 4) is 5.75 Å². The number of ether oxygens (including phenoxy) is 1. The molecule has 0 unspecified atom stereocenters. The van der Waals surface area contributed by atoms with Gasteiger partial charge in [0.2, 0.25) is 0 Å². The van der Waals surface area contributed by atoms with Gasteiger partial charge in [-0.1, -0.05) is 18.2 Å². The highest BCUT2D eigenvalue weighted by molar-refractivity contribution is 14.0. The van der Waals surface area contributed by atoms with E-state index >= 15 is 0 Å². The molecule has 27 heavy (non-hydrogen) atoms. The van der Waals surface area contributed by atoms with Gasteiger partial charge in [-0.2, -0.15) is 5.10 Å². The molecule has 2 aromatic rings. The highest BCUT2D eigenvalue weighted by atomic mass is 127. The third-order valence-corrected chi connectivity index (χ3v) is 4.36. The zero-order valence-electron chi connectivity index (χ0n) is 16.1. The van der Waals surface area contributed by atoms with Crippen LogP contribution >= 0.6 is 24.0 Å². The molecule has 7 heteroatoms. The third kappa shape index (κ3) is 7.40. The van der Waals surface area contributed by atoms with Gasteiger partial charge in [-0.15, -0.1) is 24.0 Å². The van der Waals surface area contributed by atoms with E-state index in [1.807, 2.05) is 42.3 Å². The Morgan fingerprint density at radius 3 is 2.81 bits per heavy atom. The molecule has 0 aliphatic heterocycles. The van der Waals surface area contributed by atoms with Crippen molar-refractivity contribution in [2.24, 2.45) is 18.0 Å². The summed E-state index contributed by atoms with van der Waals surface area (Å²) in [7, 11) is 1.94. The molecule has 1 aromatic heterocycles. The molecule has 0 spiro atoms. The number of guanidine groups is 1. The molecule has 0 bridgehead atoms. The number of benzene rings is 1. The second-order valence-corrected chi connectivity index (χ2v) is 6.76. The molecule has 2 N–H and O–H groups in total. The van der Waals surface area contributed by atoms with Crippen LogP contribution in [0.3, 0.4) is 0 Å². The zero-order valence-corrected chi connectivity index (χ0v) is 18.5. The van der Waals surface area contributed by atoms with Crippen molar-refractivity contribution in [1.82, 2.24) is 20.4 Å². The van der Waals surface area contributed by atoms with Crippen LogP contribution in [0, 0.1) is 5.92 Å². The maximum Gasteiger partial charge on any atom is 0.191 e. The Morgan fingerprint density at radius 1 is 1.30 bits per heavy atom. The van der Waals surface area contributed by atoms with E-state index in [0.29, 0.717) is 6.54 Å². The maximum absolute atomic E-state index is 5.98. The molecule has 0 saturated heterocycles. The lowest BCUT2D eigenvalue weighted by molar-refractivity contribution is 0.297. The van der Waals surface area contributed by atoms with Crippen LogP contribution in [0.25, 0.3) is 0 Å². The molecule has 6 nitrogen and oxygen atoms in total. The van der Waals surface area contributed by atoms with Gasteiger partial charge in [-0.05, 0) is 43.7 Å². The summed E-state index contributed by atoms with van der Waals surface area (Å²) in [6.45, 7) is 5.15. The molecule has 0 amide bonds. The molecule has 148 valence electrons. The van der Waals surface area contributed by atoms with Crippen molar-refractivity contribution in [1.29, 1.82) is 0 Å². The molecule has 1 aromatic carbocycles. The first-order valence-electron chi connectivity index (χ1n) is 9.45. The van der Waals surface area contributed by atoms with Crippen LogP contribution in [0.5, 0.6) is 5.75 Å². The van der Waals surface area contributed by atoms with Crippen molar-refractivity contribution in [3.05, 3.63) is 47.8 Å². The molecular weight excluding hydrogens is 453 g/mol. The fourth-order valence-corrected chi connectivity index (χ4v) is 2.70. The van der Waals surface area contributed by atoms with E-state index in [4.69, 9.17) is 9.73 Å². The van der Waals surface area contributed by atoms with Crippen molar-refractivity contribution in [2.75, 3.05) is 19.7 Å². The lowest BCUT2D eigenvalue weighted by atomic mass is 10.2. The van der Waals surface area contributed by atoms with Gasteiger partial charge in [-0.3, -0.25) is 4.68 Å². The highest BCUT2D eigenvalue weighted by Crippen LogP contribution is 2.30. The molecule has 1 aliphatic rings. The number of halogens is 1. The number of nitrogens with one attached hydrogen (secondary N) is 2. The van der Waals surface area contributed by atoms with Gasteiger partial charge in [0.15, 0.2) is 5.96 Å². The molecule has 0 radical (unpaired) electrons. The lowest BCUT2D eigenvalue weighted by Gasteiger charge is -2.13. The summed E-state index contributed by atoms with van der Waals surface area (Å²) < 4.78 is 7.80. The average Bonchev–Trinajstić information content (AvgIpc) is 3.39. The normalized spacial score (nSPS) is 13.8. The van der Waals surface area contributed by atoms with Crippen LogP contribution in [-0.4, -0.2) is 35.4 Å². The van der Waals surface area contributed by atoms with E-state index in [0.717, 1.165) is 49.3 Å². The van der Waals surface area contributed by atoms with Crippen LogP contribution in [0.2, 0.25) is 0 Å². The van der Waals surface area contributed by atoms with E-state index in [1.54, 1.807) is 0 Å². The fraction of sp³-hybridized carbons (Fsp3) is 0.500. The van der Waals surface area contributed by atoms with Crippen molar-refractivity contribution in [3.63, 3.8) is 0 Å². The SMILES string of the molecule is CCNC(=NCc1ccccc1OCC1CC1)NCCc1cnn(C)c1.I. The Labute approximate surface area is 178 Å². The number of hydrogen-bond donors (Lipinski definition) is 2. The highest BCUT2D eigenvalue weighted by Gasteiger charge is 2.22. The monoisotopic (exact) mass is 483 g/mol. The molecule has 1 fully saturated rings. The van der Waals surface area contributed by atoms with Crippen molar-refractivity contribution < 1.29 is 4.74 Å². The number of nitrogens with zero attached hydrogens (tertiary/aromatic N) is 3. The van der Waals surface area contributed by atoms with Gasteiger partial charge in [-0.25, -0.2) is 4.99 Å². The van der Waals surface area contributed by atoms with Crippen molar-refractivity contribution in [2.45, 2.75) is 32.7 Å². The smallest absolute Gasteiger partial charge is 0.191 e. The van der Waals surface area contributed by atoms with Crippen LogP contribution in [0.1, 0.15) is 30.9 Å². The van der Waals surface area contributed by atoms with Crippen LogP contribution in [0.15, 0.2) is 41.7 Å². The van der Waals surface area contributed by atoms with Crippen LogP contribution in [-0.2, 0) is 20.0 Å². The molecule has 0 atom stereocenters. The number of aryl methyl sites for hydroxylation is 1. The predicted molar refractivity (Wildman–Crippen MR) is 120 cm³/mol. The van der Waals surface area contributed by atoms with Gasteiger partial charge in [0.1, 0.15) is 5.75 Å². The van der Waals surface area contributed by atoms with Crippen LogP contribution < -0.4 is 15.4 Å². The number of hydrogen-bond acceptors (Lipinski definition) is 3. The van der Waals surface area contributed by atoms with Crippen molar-refractivity contribution >= 4 is 29.9 Å². The molecule has 3 rings (SSSR count). The Balaban J connectivity index is 0.00000261. The minimum Gasteiger partial charge on any atom is -0.493 e. The number of rotatable bonds is 9. The Kier molecular flexibility index (Phi) is 8.90. The maximum atomic E-state index is 5.98. The second-order valence-electron chi connectivity index (χ2n) is 6.76. The molecule has 1 saturated carbocycles. The van der Waals surface area contributed by atoms with E-state index in [9.17, 15) is 0 Å². The van der Waals surface area contributed by atoms with E-state index in [1.165, 1.54) is 18.4 Å². The number of para-hydroxylation sites is 1. The van der Waals surface area contributed by atoms with Gasteiger partial charge in [0, 0.05) is 31.9 Å². The first-order valence-corrected chi connectivity index (χ1v) is 9.45. The Bertz CT molecular complexity index is 727. The Hall–Kier alpha value is -1.77. The fourth-order valence-electron chi connectivity index (χ4n) is 2.70. The average molecular weight is 483 g/mol. The van der Waals surface area contributed by atoms with Gasteiger partial charge < -0.3 is 15.4 Å². The summed E-state index contributed by atoms with van der Waals surface area (Å²) in [5.74, 6) is 2.53. The van der Waals surface area contributed by atoms with Crippen LogP contribution in [0.4, 0.5) is 0 Å². The standard InChI is InChI=1S/C20H29N5O.HI/c1-3-21-20(22-11-10-17-12-24-25(2)14-17)23-13-18-6-4-5-7-19(18)26-15-16-8-9-16;/h4-7,12,14,16H,3,8-11,13,15H2,1-2H3,(H2,21,22,23);1H. The minimum atomic E-state index is 0. The van der Waals surface area contributed by atoms with Gasteiger partial charge >= 0.3 is 0 Å². The first-order chi connectivity index (χ1) is 12.7. The van der Waals surface area contributed by atoms with Gasteiger partial charge in [0.25, 0.3) is 0 Å². The topological polar surface area (TPSA) is 63.5 Å². The summed E-state index contributed by atoms with van der Waals surface area (Å²) >= 11 is 0. The quantitative estimate of drug-likeness (QED) is 0.327. The lowest BCUT2D eigenvalue weighted by Crippen LogP contribution is -2.38. The van der Waals surface area contributed by atoms with E-state index in [-0.39, 0.29) is 24.0 Å². The largest absolute Gasteiger partial charge is 0.493 e. The first kappa shape index (κ1) is 21.5. The second kappa shape index (κ2) is 11.2. The number of aromatic nitrogens is 2. The summed E-state index contributed by atoms with van der Waals surface area (Å²) in [5.41, 5.74) is 2.34. The summed E-state index contributed by atoms with van der Waals surface area (Å²) in [5, 5.41) is 10.9.